The molecule has 0 aliphatic heterocycles. The van der Waals surface area contributed by atoms with E-state index in [1.807, 2.05) is 6.92 Å². The van der Waals surface area contributed by atoms with E-state index in [0.717, 1.165) is 5.56 Å². The fourth-order valence-electron chi connectivity index (χ4n) is 3.39. The van der Waals surface area contributed by atoms with Crippen molar-refractivity contribution < 1.29 is 23.4 Å². The summed E-state index contributed by atoms with van der Waals surface area (Å²) in [5.41, 5.74) is -0.177. The largest absolute Gasteiger partial charge is 0.481 e. The minimum atomic E-state index is -3.95. The van der Waals surface area contributed by atoms with Gasteiger partial charge in [0, 0.05) is 10.9 Å². The molecule has 0 unspecified atom stereocenters. The fourth-order valence-corrected chi connectivity index (χ4v) is 5.88. The number of hydrogen-bond acceptors (Lipinski definition) is 4. The van der Waals surface area contributed by atoms with Gasteiger partial charge in [0.15, 0.2) is 9.84 Å². The van der Waals surface area contributed by atoms with Crippen LogP contribution < -0.4 is 0 Å². The van der Waals surface area contributed by atoms with Gasteiger partial charge in [-0.2, -0.15) is 0 Å². The Hall–Kier alpha value is -1.89. The van der Waals surface area contributed by atoms with Crippen LogP contribution in [0.25, 0.3) is 0 Å². The average molecular weight is 381 g/mol. The van der Waals surface area contributed by atoms with E-state index in [1.165, 1.54) is 24.3 Å². The molecule has 1 aliphatic rings. The second kappa shape index (κ2) is 6.12. The van der Waals surface area contributed by atoms with E-state index in [4.69, 9.17) is 11.6 Å². The summed E-state index contributed by atoms with van der Waals surface area (Å²) in [7, 11) is -3.95. The van der Waals surface area contributed by atoms with Crippen LogP contribution in [0.4, 0.5) is 0 Å². The molecule has 2 aromatic rings. The number of carbonyl (C=O) groups is 1. The lowest BCUT2D eigenvalue weighted by atomic mass is 9.99. The monoisotopic (exact) mass is 380 g/mol. The van der Waals surface area contributed by atoms with Gasteiger partial charge in [-0.05, 0) is 36.8 Å². The molecule has 0 amide bonds. The van der Waals surface area contributed by atoms with Gasteiger partial charge in [0.05, 0.1) is 16.8 Å². The van der Waals surface area contributed by atoms with Gasteiger partial charge in [-0.3, -0.25) is 4.79 Å². The lowest BCUT2D eigenvalue weighted by Gasteiger charge is -2.09. The number of aryl methyl sites for hydroxylation is 1. The van der Waals surface area contributed by atoms with E-state index < -0.39 is 39.0 Å². The maximum Gasteiger partial charge on any atom is 0.314 e. The van der Waals surface area contributed by atoms with Gasteiger partial charge >= 0.3 is 5.97 Å². The van der Waals surface area contributed by atoms with Crippen molar-refractivity contribution in [2.24, 2.45) is 5.41 Å². The van der Waals surface area contributed by atoms with Crippen LogP contribution in [0.3, 0.4) is 0 Å². The molecule has 25 heavy (non-hydrogen) atoms. The Morgan fingerprint density at radius 2 is 1.68 bits per heavy atom. The number of aliphatic hydroxyl groups excluding tert-OH is 1. The van der Waals surface area contributed by atoms with Gasteiger partial charge < -0.3 is 10.2 Å². The summed E-state index contributed by atoms with van der Waals surface area (Å²) in [6.07, 6.45) is 0. The van der Waals surface area contributed by atoms with E-state index in [-0.39, 0.29) is 4.90 Å². The Kier molecular flexibility index (Phi) is 4.39. The van der Waals surface area contributed by atoms with Gasteiger partial charge in [0.2, 0.25) is 0 Å². The number of carboxylic acids is 1. The van der Waals surface area contributed by atoms with Crippen molar-refractivity contribution in [2.45, 2.75) is 23.0 Å². The minimum absolute atomic E-state index is 0.00409. The second-order valence-corrected chi connectivity index (χ2v) is 8.82. The first-order valence-electron chi connectivity index (χ1n) is 7.65. The number of aliphatic hydroxyl groups is 1. The summed E-state index contributed by atoms with van der Waals surface area (Å²) >= 11 is 5.80. The van der Waals surface area contributed by atoms with Crippen molar-refractivity contribution in [3.05, 3.63) is 64.7 Å². The second-order valence-electron chi connectivity index (χ2n) is 6.31. The first-order valence-corrected chi connectivity index (χ1v) is 9.58. The summed E-state index contributed by atoms with van der Waals surface area (Å²) in [4.78, 5) is 11.9. The van der Waals surface area contributed by atoms with E-state index >= 15 is 0 Å². The van der Waals surface area contributed by atoms with Crippen molar-refractivity contribution in [3.63, 3.8) is 0 Å². The molecule has 5 nitrogen and oxygen atoms in total. The van der Waals surface area contributed by atoms with Crippen LogP contribution in [0.5, 0.6) is 0 Å². The molecule has 3 rings (SSSR count). The molecule has 3 atom stereocenters. The SMILES string of the molecule is Cc1ccc([C@@H]2[C@@H](S(=O)(=O)c3ccc(Cl)cc3)[C@]2(CO)C(=O)O)cc1. The Morgan fingerprint density at radius 3 is 2.16 bits per heavy atom. The van der Waals surface area contributed by atoms with E-state index in [2.05, 4.69) is 0 Å². The van der Waals surface area contributed by atoms with Gasteiger partial charge in [-0.15, -0.1) is 0 Å². The topological polar surface area (TPSA) is 91.7 Å². The number of halogens is 1. The van der Waals surface area contributed by atoms with Gasteiger partial charge in [-0.25, -0.2) is 8.42 Å². The first-order chi connectivity index (χ1) is 11.7. The summed E-state index contributed by atoms with van der Waals surface area (Å²) in [5, 5.41) is 18.6. The third-order valence-corrected chi connectivity index (χ3v) is 7.37. The molecule has 0 heterocycles. The van der Waals surface area contributed by atoms with Crippen LogP contribution in [-0.4, -0.2) is 36.5 Å². The predicted octanol–water partition coefficient (Wildman–Crippen LogP) is 2.65. The zero-order valence-electron chi connectivity index (χ0n) is 13.4. The van der Waals surface area contributed by atoms with Crippen molar-refractivity contribution in [1.82, 2.24) is 0 Å². The molecule has 1 aliphatic carbocycles. The molecule has 0 saturated heterocycles. The quantitative estimate of drug-likeness (QED) is 0.832. The van der Waals surface area contributed by atoms with Crippen LogP contribution >= 0.6 is 11.6 Å². The Labute approximate surface area is 150 Å². The molecule has 0 bridgehead atoms. The van der Waals surface area contributed by atoms with Crippen LogP contribution in [0, 0.1) is 12.3 Å². The number of hydrogen-bond donors (Lipinski definition) is 2. The smallest absolute Gasteiger partial charge is 0.314 e. The van der Waals surface area contributed by atoms with Crippen LogP contribution in [-0.2, 0) is 14.6 Å². The molecule has 1 saturated carbocycles. The highest BCUT2D eigenvalue weighted by Crippen LogP contribution is 2.64. The first kappa shape index (κ1) is 17.9. The Bertz CT molecular complexity index is 905. The maximum atomic E-state index is 13.0. The van der Waals surface area contributed by atoms with Gasteiger partial charge in [0.25, 0.3) is 0 Å². The molecule has 0 radical (unpaired) electrons. The maximum absolute atomic E-state index is 13.0. The zero-order chi connectivity index (χ0) is 18.4. The molecule has 2 aromatic carbocycles. The zero-order valence-corrected chi connectivity index (χ0v) is 15.0. The summed E-state index contributed by atoms with van der Waals surface area (Å²) in [5.74, 6) is -2.13. The standard InChI is InChI=1S/C18H17ClO5S/c1-11-2-4-12(5-3-11)15-16(18(15,10-20)17(21)22)25(23,24)14-8-6-13(19)7-9-14/h2-9,15-16,20H,10H2,1H3,(H,21,22)/t15-,16-,18-/m1/s1. The molecule has 132 valence electrons. The Morgan fingerprint density at radius 1 is 1.12 bits per heavy atom. The third-order valence-electron chi connectivity index (χ3n) is 4.83. The van der Waals surface area contributed by atoms with Crippen molar-refractivity contribution in [1.29, 1.82) is 0 Å². The van der Waals surface area contributed by atoms with Crippen LogP contribution in [0.1, 0.15) is 17.0 Å². The highest BCUT2D eigenvalue weighted by atomic mass is 35.5. The highest BCUT2D eigenvalue weighted by Gasteiger charge is 2.75. The summed E-state index contributed by atoms with van der Waals surface area (Å²) in [6.45, 7) is 1.13. The number of sulfone groups is 1. The number of benzene rings is 2. The molecule has 2 N–H and O–H groups in total. The van der Waals surface area contributed by atoms with Crippen LogP contribution in [0.15, 0.2) is 53.4 Å². The highest BCUT2D eigenvalue weighted by molar-refractivity contribution is 7.92. The Balaban J connectivity index is 2.10. The normalized spacial score (nSPS) is 25.6. The van der Waals surface area contributed by atoms with E-state index in [9.17, 15) is 23.4 Å². The van der Waals surface area contributed by atoms with Crippen molar-refractivity contribution in [3.8, 4) is 0 Å². The lowest BCUT2D eigenvalue weighted by Crippen LogP contribution is -2.27. The molecule has 0 aromatic heterocycles. The molecule has 1 fully saturated rings. The summed E-state index contributed by atoms with van der Waals surface area (Å²) in [6, 6.07) is 12.6. The lowest BCUT2D eigenvalue weighted by molar-refractivity contribution is -0.145. The van der Waals surface area contributed by atoms with E-state index in [1.54, 1.807) is 24.3 Å². The number of carboxylic acid groups (broad SMARTS) is 1. The van der Waals surface area contributed by atoms with Gasteiger partial charge in [0.1, 0.15) is 5.41 Å². The number of rotatable bonds is 5. The van der Waals surface area contributed by atoms with Gasteiger partial charge in [-0.1, -0.05) is 41.4 Å². The van der Waals surface area contributed by atoms with E-state index in [0.29, 0.717) is 10.6 Å². The van der Waals surface area contributed by atoms with Crippen molar-refractivity contribution >= 4 is 27.4 Å². The number of aliphatic carboxylic acids is 1. The molecule has 0 spiro atoms. The minimum Gasteiger partial charge on any atom is -0.481 e. The summed E-state index contributed by atoms with van der Waals surface area (Å²) < 4.78 is 26.0. The average Bonchev–Trinajstić information content (AvgIpc) is 3.27. The molecular weight excluding hydrogens is 364 g/mol. The predicted molar refractivity (Wildman–Crippen MR) is 93.5 cm³/mol. The van der Waals surface area contributed by atoms with Crippen LogP contribution in [0.2, 0.25) is 5.02 Å². The van der Waals surface area contributed by atoms with Crippen molar-refractivity contribution in [2.75, 3.05) is 6.61 Å². The molecule has 7 heteroatoms. The fraction of sp³-hybridized carbons (Fsp3) is 0.278. The third kappa shape index (κ3) is 2.74. The molecular formula is C18H17ClO5S.